The van der Waals surface area contributed by atoms with Crippen molar-refractivity contribution < 1.29 is 29.5 Å². The molecular weight excluding hydrogens is 478 g/mol. The van der Waals surface area contributed by atoms with Gasteiger partial charge in [0.05, 0.1) is 11.0 Å². The number of aliphatic hydroxyl groups excluding tert-OH is 2. The number of fused-ring (bicyclic) bond motifs is 3. The molecule has 2 unspecified atom stereocenters. The van der Waals surface area contributed by atoms with E-state index in [2.05, 4.69) is 10.6 Å². The van der Waals surface area contributed by atoms with Crippen LogP contribution < -0.4 is 10.6 Å². The molecule has 0 spiro atoms. The second-order valence-electron chi connectivity index (χ2n) is 8.77. The highest BCUT2D eigenvalue weighted by molar-refractivity contribution is 5.91. The summed E-state index contributed by atoms with van der Waals surface area (Å²) in [4.78, 5) is 34.2. The summed E-state index contributed by atoms with van der Waals surface area (Å²) in [5.74, 6) is -0.558. The summed E-state index contributed by atoms with van der Waals surface area (Å²) in [6.45, 7) is 1.39. The maximum atomic E-state index is 12.3. The van der Waals surface area contributed by atoms with Crippen molar-refractivity contribution in [2.75, 3.05) is 18.5 Å². The number of hydrogen-bond acceptors (Lipinski definition) is 7. The molecule has 192 valence electrons. The van der Waals surface area contributed by atoms with Crippen LogP contribution >= 0.6 is 0 Å². The largest absolute Gasteiger partial charge is 0.449 e. The second kappa shape index (κ2) is 11.2. The van der Waals surface area contributed by atoms with E-state index in [1.807, 2.05) is 48.5 Å². The Balaban J connectivity index is 1.30. The van der Waals surface area contributed by atoms with E-state index in [1.54, 1.807) is 0 Å². The number of carbonyl (C=O) groups excluding carboxylic acids is 2. The molecule has 3 aromatic rings. The predicted octanol–water partition coefficient (Wildman–Crippen LogP) is 3.88. The molecule has 0 aliphatic heterocycles. The lowest BCUT2D eigenvalue weighted by Gasteiger charge is -2.19. The average Bonchev–Trinajstić information content (AvgIpc) is 3.20. The van der Waals surface area contributed by atoms with Gasteiger partial charge in [-0.1, -0.05) is 54.6 Å². The zero-order valence-electron chi connectivity index (χ0n) is 20.1. The van der Waals surface area contributed by atoms with Crippen LogP contribution in [0.15, 0.2) is 66.7 Å². The highest BCUT2D eigenvalue weighted by atomic mass is 16.6. The van der Waals surface area contributed by atoms with Crippen LogP contribution in [0.1, 0.15) is 42.1 Å². The normalized spacial score (nSPS) is 13.7. The fraction of sp³-hybridized carbons (Fsp3) is 0.259. The number of rotatable bonds is 9. The Bertz CT molecular complexity index is 1280. The summed E-state index contributed by atoms with van der Waals surface area (Å²) < 4.78 is 5.45. The van der Waals surface area contributed by atoms with E-state index < -0.39 is 34.8 Å². The standard InChI is InChI=1S/C27H27N3O7/c1-16(31)29-23-11-10-17(14-24(23)30(35)36)26(33)25(32)12-13-28-27(34)37-15-22-20-8-4-2-6-18(20)19-7-3-5-9-21(19)22/h2-11,14,22,25-26,32-33H,12-13,15H2,1H3,(H,28,34)(H,29,31). The number of nitrogens with one attached hydrogen (secondary N) is 2. The third-order valence-electron chi connectivity index (χ3n) is 6.29. The molecule has 1 aliphatic rings. The van der Waals surface area contributed by atoms with Gasteiger partial charge in [0.2, 0.25) is 5.91 Å². The monoisotopic (exact) mass is 505 g/mol. The number of carbonyl (C=O) groups is 2. The fourth-order valence-corrected chi connectivity index (χ4v) is 4.53. The molecule has 2 amide bonds. The summed E-state index contributed by atoms with van der Waals surface area (Å²) in [5.41, 5.74) is 4.11. The molecule has 37 heavy (non-hydrogen) atoms. The molecule has 4 rings (SSSR count). The van der Waals surface area contributed by atoms with Crippen molar-refractivity contribution in [2.24, 2.45) is 0 Å². The van der Waals surface area contributed by atoms with Crippen LogP contribution in [0.4, 0.5) is 16.2 Å². The van der Waals surface area contributed by atoms with Crippen molar-refractivity contribution in [2.45, 2.75) is 31.5 Å². The first-order chi connectivity index (χ1) is 17.8. The van der Waals surface area contributed by atoms with Crippen LogP contribution in [0.5, 0.6) is 0 Å². The lowest BCUT2D eigenvalue weighted by Crippen LogP contribution is -2.30. The van der Waals surface area contributed by atoms with Crippen LogP contribution in [-0.2, 0) is 9.53 Å². The third kappa shape index (κ3) is 5.76. The van der Waals surface area contributed by atoms with E-state index in [4.69, 9.17) is 4.74 Å². The van der Waals surface area contributed by atoms with Gasteiger partial charge in [0.1, 0.15) is 18.4 Å². The molecule has 10 heteroatoms. The van der Waals surface area contributed by atoms with Gasteiger partial charge in [-0.05, 0) is 40.3 Å². The number of nitro benzene ring substituents is 1. The number of nitrogens with zero attached hydrogens (tertiary/aromatic N) is 1. The number of benzene rings is 3. The Morgan fingerprint density at radius 2 is 1.65 bits per heavy atom. The number of aliphatic hydroxyl groups is 2. The predicted molar refractivity (Wildman–Crippen MR) is 136 cm³/mol. The second-order valence-corrected chi connectivity index (χ2v) is 8.77. The average molecular weight is 506 g/mol. The molecule has 0 heterocycles. The Morgan fingerprint density at radius 1 is 1.03 bits per heavy atom. The van der Waals surface area contributed by atoms with Crippen LogP contribution in [0.3, 0.4) is 0 Å². The van der Waals surface area contributed by atoms with E-state index in [9.17, 15) is 29.9 Å². The Labute approximate surface area is 213 Å². The van der Waals surface area contributed by atoms with Gasteiger partial charge in [-0.3, -0.25) is 14.9 Å². The molecule has 2 atom stereocenters. The van der Waals surface area contributed by atoms with Crippen molar-refractivity contribution in [3.8, 4) is 11.1 Å². The molecule has 0 saturated carbocycles. The summed E-state index contributed by atoms with van der Waals surface area (Å²) in [5, 5.41) is 37.1. The van der Waals surface area contributed by atoms with E-state index in [0.717, 1.165) is 28.3 Å². The van der Waals surface area contributed by atoms with Gasteiger partial charge in [-0.25, -0.2) is 4.79 Å². The number of alkyl carbamates (subject to hydrolysis) is 1. The molecule has 1 aliphatic carbocycles. The summed E-state index contributed by atoms with van der Waals surface area (Å²) in [6.07, 6.45) is -3.42. The number of hydrogen-bond donors (Lipinski definition) is 4. The first kappa shape index (κ1) is 25.8. The van der Waals surface area contributed by atoms with Crippen molar-refractivity contribution in [3.05, 3.63) is 93.5 Å². The van der Waals surface area contributed by atoms with Crippen molar-refractivity contribution >= 4 is 23.4 Å². The van der Waals surface area contributed by atoms with Crippen molar-refractivity contribution in [1.82, 2.24) is 5.32 Å². The summed E-state index contributed by atoms with van der Waals surface area (Å²) in [7, 11) is 0. The minimum absolute atomic E-state index is 0.0140. The van der Waals surface area contributed by atoms with Gasteiger partial charge in [0.15, 0.2) is 0 Å². The molecule has 0 saturated heterocycles. The van der Waals surface area contributed by atoms with Gasteiger partial charge in [0, 0.05) is 25.5 Å². The van der Waals surface area contributed by atoms with Crippen LogP contribution in [0.25, 0.3) is 11.1 Å². The third-order valence-corrected chi connectivity index (χ3v) is 6.29. The van der Waals surface area contributed by atoms with E-state index >= 15 is 0 Å². The van der Waals surface area contributed by atoms with Crippen LogP contribution in [0, 0.1) is 10.1 Å². The molecule has 0 fully saturated rings. The first-order valence-corrected chi connectivity index (χ1v) is 11.8. The van der Waals surface area contributed by atoms with Crippen LogP contribution in [0.2, 0.25) is 0 Å². The maximum Gasteiger partial charge on any atom is 0.407 e. The van der Waals surface area contributed by atoms with E-state index in [0.29, 0.717) is 0 Å². The quantitative estimate of drug-likeness (QED) is 0.254. The van der Waals surface area contributed by atoms with Gasteiger partial charge >= 0.3 is 6.09 Å². The number of amides is 2. The maximum absolute atomic E-state index is 12.3. The highest BCUT2D eigenvalue weighted by Gasteiger charge is 2.29. The Hall–Kier alpha value is -4.28. The minimum Gasteiger partial charge on any atom is -0.449 e. The van der Waals surface area contributed by atoms with Gasteiger partial charge in [-0.15, -0.1) is 0 Å². The molecule has 3 aromatic carbocycles. The topological polar surface area (TPSA) is 151 Å². The first-order valence-electron chi connectivity index (χ1n) is 11.8. The Kier molecular flexibility index (Phi) is 7.80. The van der Waals surface area contributed by atoms with Crippen molar-refractivity contribution in [1.29, 1.82) is 0 Å². The highest BCUT2D eigenvalue weighted by Crippen LogP contribution is 2.44. The van der Waals surface area contributed by atoms with Crippen LogP contribution in [-0.4, -0.2) is 46.4 Å². The number of anilines is 1. The van der Waals surface area contributed by atoms with E-state index in [1.165, 1.54) is 19.1 Å². The van der Waals surface area contributed by atoms with Gasteiger partial charge < -0.3 is 25.6 Å². The van der Waals surface area contributed by atoms with Crippen molar-refractivity contribution in [3.63, 3.8) is 0 Å². The zero-order valence-corrected chi connectivity index (χ0v) is 20.1. The number of ether oxygens (including phenoxy) is 1. The SMILES string of the molecule is CC(=O)Nc1ccc(C(O)C(O)CCNC(=O)OCC2c3ccccc3-c3ccccc32)cc1[N+](=O)[O-]. The molecule has 0 aromatic heterocycles. The minimum atomic E-state index is -1.44. The Morgan fingerprint density at radius 3 is 2.24 bits per heavy atom. The summed E-state index contributed by atoms with van der Waals surface area (Å²) >= 11 is 0. The molecule has 10 nitrogen and oxygen atoms in total. The number of nitro groups is 1. The zero-order chi connectivity index (χ0) is 26.5. The lowest BCUT2D eigenvalue weighted by molar-refractivity contribution is -0.384. The fourth-order valence-electron chi connectivity index (χ4n) is 4.53. The molecule has 4 N–H and O–H groups in total. The van der Waals surface area contributed by atoms with E-state index in [-0.39, 0.29) is 36.7 Å². The summed E-state index contributed by atoms with van der Waals surface area (Å²) in [6, 6.07) is 19.7. The van der Waals surface area contributed by atoms with Gasteiger partial charge in [-0.2, -0.15) is 0 Å². The molecule has 0 radical (unpaired) electrons. The smallest absolute Gasteiger partial charge is 0.407 e. The lowest BCUT2D eigenvalue weighted by atomic mass is 9.98. The van der Waals surface area contributed by atoms with Gasteiger partial charge in [0.25, 0.3) is 5.69 Å². The molecule has 0 bridgehead atoms. The molecular formula is C27H27N3O7.